The molecule has 4 nitrogen and oxygen atoms in total. The molecule has 0 radical (unpaired) electrons. The maximum absolute atomic E-state index is 5.73. The van der Waals surface area contributed by atoms with Gasteiger partial charge in [-0.15, -0.1) is 0 Å². The van der Waals surface area contributed by atoms with Crippen LogP contribution in [0.3, 0.4) is 0 Å². The lowest BCUT2D eigenvalue weighted by atomic mass is 10.2. The molecule has 0 spiro atoms. The van der Waals surface area contributed by atoms with E-state index in [0.29, 0.717) is 6.61 Å². The molecule has 1 aliphatic heterocycles. The molecule has 4 heteroatoms. The predicted octanol–water partition coefficient (Wildman–Crippen LogP) is 1.51. The quantitative estimate of drug-likeness (QED) is 0.757. The van der Waals surface area contributed by atoms with Crippen molar-refractivity contribution < 1.29 is 9.47 Å². The van der Waals surface area contributed by atoms with Gasteiger partial charge in [0.05, 0.1) is 6.61 Å². The van der Waals surface area contributed by atoms with E-state index < -0.39 is 0 Å². The predicted molar refractivity (Wildman–Crippen MR) is 76.6 cm³/mol. The summed E-state index contributed by atoms with van der Waals surface area (Å²) in [6.07, 6.45) is 0.929. The van der Waals surface area contributed by atoms with Crippen molar-refractivity contribution >= 4 is 0 Å². The van der Waals surface area contributed by atoms with Crippen molar-refractivity contribution in [3.8, 4) is 5.75 Å². The number of rotatable bonds is 7. The standard InChI is InChI=1S/C15H24N2O2/c1-18-10-3-11-19-15-5-2-4-14(12-15)13-17-8-6-16-7-9-17/h2,4-5,12,16H,3,6-11,13H2,1H3. The van der Waals surface area contributed by atoms with Crippen LogP contribution in [-0.2, 0) is 11.3 Å². The average molecular weight is 264 g/mol. The Kier molecular flexibility index (Phi) is 6.14. The minimum absolute atomic E-state index is 0.713. The Hall–Kier alpha value is -1.10. The summed E-state index contributed by atoms with van der Waals surface area (Å²) in [5, 5.41) is 3.37. The first kappa shape index (κ1) is 14.3. The van der Waals surface area contributed by atoms with E-state index in [1.54, 1.807) is 7.11 Å². The number of piperazine rings is 1. The highest BCUT2D eigenvalue weighted by atomic mass is 16.5. The van der Waals surface area contributed by atoms with Gasteiger partial charge in [0.25, 0.3) is 0 Å². The molecule has 1 aromatic rings. The third-order valence-corrected chi connectivity index (χ3v) is 3.28. The van der Waals surface area contributed by atoms with Gasteiger partial charge >= 0.3 is 0 Å². The zero-order valence-electron chi connectivity index (χ0n) is 11.7. The Morgan fingerprint density at radius 1 is 1.21 bits per heavy atom. The third kappa shape index (κ3) is 5.19. The fraction of sp³-hybridized carbons (Fsp3) is 0.600. The van der Waals surface area contributed by atoms with Gasteiger partial charge < -0.3 is 14.8 Å². The molecule has 0 unspecified atom stereocenters. The molecular formula is C15H24N2O2. The number of hydrogen-bond acceptors (Lipinski definition) is 4. The Bertz CT molecular complexity index is 365. The van der Waals surface area contributed by atoms with Crippen molar-refractivity contribution in [3.05, 3.63) is 29.8 Å². The number of nitrogens with zero attached hydrogens (tertiary/aromatic N) is 1. The Morgan fingerprint density at radius 2 is 2.05 bits per heavy atom. The molecule has 1 saturated heterocycles. The van der Waals surface area contributed by atoms with Gasteiger partial charge in [-0.25, -0.2) is 0 Å². The first-order valence-corrected chi connectivity index (χ1v) is 7.02. The van der Waals surface area contributed by atoms with Crippen LogP contribution in [0.2, 0.25) is 0 Å². The van der Waals surface area contributed by atoms with Crippen LogP contribution < -0.4 is 10.1 Å². The molecule has 0 atom stereocenters. The third-order valence-electron chi connectivity index (χ3n) is 3.28. The lowest BCUT2D eigenvalue weighted by Crippen LogP contribution is -2.42. The molecule has 0 saturated carbocycles. The number of ether oxygens (including phenoxy) is 2. The molecular weight excluding hydrogens is 240 g/mol. The van der Waals surface area contributed by atoms with Gasteiger partial charge in [-0.3, -0.25) is 4.90 Å². The molecule has 2 rings (SSSR count). The summed E-state index contributed by atoms with van der Waals surface area (Å²) in [6, 6.07) is 8.41. The van der Waals surface area contributed by atoms with E-state index in [9.17, 15) is 0 Å². The molecule has 106 valence electrons. The maximum atomic E-state index is 5.73. The van der Waals surface area contributed by atoms with E-state index in [2.05, 4.69) is 28.4 Å². The SMILES string of the molecule is COCCCOc1cccc(CN2CCNCC2)c1. The summed E-state index contributed by atoms with van der Waals surface area (Å²) in [4.78, 5) is 2.47. The number of nitrogens with one attached hydrogen (secondary N) is 1. The normalized spacial score (nSPS) is 16.5. The van der Waals surface area contributed by atoms with Crippen LogP contribution in [0.4, 0.5) is 0 Å². The first-order chi connectivity index (χ1) is 9.38. The highest BCUT2D eigenvalue weighted by Gasteiger charge is 2.09. The fourth-order valence-corrected chi connectivity index (χ4v) is 2.25. The molecule has 1 aliphatic rings. The van der Waals surface area contributed by atoms with Crippen molar-refractivity contribution in [2.24, 2.45) is 0 Å². The number of benzene rings is 1. The fourth-order valence-electron chi connectivity index (χ4n) is 2.25. The monoisotopic (exact) mass is 264 g/mol. The summed E-state index contributed by atoms with van der Waals surface area (Å²) < 4.78 is 10.7. The smallest absolute Gasteiger partial charge is 0.119 e. The molecule has 0 bridgehead atoms. The minimum atomic E-state index is 0.713. The highest BCUT2D eigenvalue weighted by molar-refractivity contribution is 5.28. The topological polar surface area (TPSA) is 33.7 Å². The zero-order valence-corrected chi connectivity index (χ0v) is 11.7. The second-order valence-electron chi connectivity index (χ2n) is 4.87. The summed E-state index contributed by atoms with van der Waals surface area (Å²) in [5.74, 6) is 0.962. The Labute approximate surface area is 115 Å². The molecule has 0 aliphatic carbocycles. The summed E-state index contributed by atoms with van der Waals surface area (Å²) in [7, 11) is 1.72. The summed E-state index contributed by atoms with van der Waals surface area (Å²) in [5.41, 5.74) is 1.33. The van der Waals surface area contributed by atoms with E-state index in [0.717, 1.165) is 51.5 Å². The van der Waals surface area contributed by atoms with E-state index in [1.807, 2.05) is 6.07 Å². The van der Waals surface area contributed by atoms with Crippen LogP contribution in [0.15, 0.2) is 24.3 Å². The van der Waals surface area contributed by atoms with Crippen LogP contribution in [0.1, 0.15) is 12.0 Å². The van der Waals surface area contributed by atoms with Crippen molar-refractivity contribution in [1.29, 1.82) is 0 Å². The Morgan fingerprint density at radius 3 is 2.84 bits per heavy atom. The lowest BCUT2D eigenvalue weighted by Gasteiger charge is -2.27. The van der Waals surface area contributed by atoms with Gasteiger partial charge in [0.1, 0.15) is 5.75 Å². The van der Waals surface area contributed by atoms with Gasteiger partial charge in [0, 0.05) is 52.9 Å². The van der Waals surface area contributed by atoms with Crippen molar-refractivity contribution in [2.75, 3.05) is 46.5 Å². The molecule has 1 fully saturated rings. The summed E-state index contributed by atoms with van der Waals surface area (Å²) in [6.45, 7) is 6.90. The molecule has 1 aromatic carbocycles. The van der Waals surface area contributed by atoms with Crippen LogP contribution in [0, 0.1) is 0 Å². The van der Waals surface area contributed by atoms with Crippen LogP contribution >= 0.6 is 0 Å². The van der Waals surface area contributed by atoms with Gasteiger partial charge in [0.15, 0.2) is 0 Å². The molecule has 19 heavy (non-hydrogen) atoms. The number of methoxy groups -OCH3 is 1. The molecule has 1 N–H and O–H groups in total. The molecule has 0 aromatic heterocycles. The highest BCUT2D eigenvalue weighted by Crippen LogP contribution is 2.15. The average Bonchev–Trinajstić information content (AvgIpc) is 2.45. The summed E-state index contributed by atoms with van der Waals surface area (Å²) >= 11 is 0. The van der Waals surface area contributed by atoms with E-state index >= 15 is 0 Å². The van der Waals surface area contributed by atoms with E-state index in [1.165, 1.54) is 5.56 Å². The lowest BCUT2D eigenvalue weighted by molar-refractivity contribution is 0.172. The van der Waals surface area contributed by atoms with Crippen LogP contribution in [0.25, 0.3) is 0 Å². The largest absolute Gasteiger partial charge is 0.493 e. The maximum Gasteiger partial charge on any atom is 0.119 e. The van der Waals surface area contributed by atoms with Crippen molar-refractivity contribution in [2.45, 2.75) is 13.0 Å². The Balaban J connectivity index is 1.80. The second kappa shape index (κ2) is 8.15. The zero-order chi connectivity index (χ0) is 13.3. The minimum Gasteiger partial charge on any atom is -0.493 e. The van der Waals surface area contributed by atoms with E-state index in [4.69, 9.17) is 9.47 Å². The van der Waals surface area contributed by atoms with Crippen LogP contribution in [-0.4, -0.2) is 51.4 Å². The first-order valence-electron chi connectivity index (χ1n) is 7.02. The second-order valence-corrected chi connectivity index (χ2v) is 4.87. The molecule has 0 amide bonds. The van der Waals surface area contributed by atoms with Crippen LogP contribution in [0.5, 0.6) is 5.75 Å². The van der Waals surface area contributed by atoms with Gasteiger partial charge in [0.2, 0.25) is 0 Å². The number of hydrogen-bond donors (Lipinski definition) is 1. The van der Waals surface area contributed by atoms with E-state index in [-0.39, 0.29) is 0 Å². The molecule has 1 heterocycles. The van der Waals surface area contributed by atoms with Crippen molar-refractivity contribution in [3.63, 3.8) is 0 Å². The van der Waals surface area contributed by atoms with Gasteiger partial charge in [-0.05, 0) is 17.7 Å². The van der Waals surface area contributed by atoms with Crippen molar-refractivity contribution in [1.82, 2.24) is 10.2 Å². The van der Waals surface area contributed by atoms with Gasteiger partial charge in [-0.1, -0.05) is 12.1 Å². The van der Waals surface area contributed by atoms with Gasteiger partial charge in [-0.2, -0.15) is 0 Å².